The predicted molar refractivity (Wildman–Crippen MR) is 201 cm³/mol. The minimum atomic E-state index is -4.75. The number of fused-ring (bicyclic) bond motifs is 5. The number of aromatic hydroxyl groups is 1. The molecule has 9 rings (SSSR count). The number of hydrogen-bond acceptors (Lipinski definition) is 7. The number of nitrogens with one attached hydrogen (secondary N) is 1. The van der Waals surface area contributed by atoms with Gasteiger partial charge in [0, 0.05) is 22.5 Å². The number of rotatable bonds is 5. The Morgan fingerprint density at radius 2 is 1.52 bits per heavy atom. The van der Waals surface area contributed by atoms with Gasteiger partial charge in [0.1, 0.15) is 5.75 Å². The molecule has 0 radical (unpaired) electrons. The maximum absolute atomic E-state index is 15.5. The Morgan fingerprint density at radius 1 is 0.821 bits per heavy atom. The maximum Gasteiger partial charge on any atom is 0.417 e. The molecule has 14 heteroatoms. The summed E-state index contributed by atoms with van der Waals surface area (Å²) in [6.45, 7) is 0. The number of pyridine rings is 1. The second-order valence-corrected chi connectivity index (χ2v) is 15.3. The fourth-order valence-corrected chi connectivity index (χ4v) is 9.85. The first-order valence-corrected chi connectivity index (χ1v) is 18.5. The number of carbonyl (C=O) groups is 4. The van der Waals surface area contributed by atoms with E-state index in [1.54, 1.807) is 84.9 Å². The quantitative estimate of drug-likeness (QED) is 0.135. The number of carbonyl (C=O) groups excluding carboxylic acids is 4. The molecule has 2 aliphatic carbocycles. The van der Waals surface area contributed by atoms with E-state index in [0.29, 0.717) is 50.4 Å². The summed E-state index contributed by atoms with van der Waals surface area (Å²) in [5.41, 5.74) is 1.90. The van der Waals surface area contributed by atoms with Gasteiger partial charge in [-0.05, 0) is 71.7 Å². The summed E-state index contributed by atoms with van der Waals surface area (Å²) >= 11 is 12.7. The van der Waals surface area contributed by atoms with Crippen LogP contribution in [0.2, 0.25) is 10.0 Å². The molecular weight excluding hydrogens is 768 g/mol. The number of hydrogen-bond donors (Lipinski definition) is 2. The van der Waals surface area contributed by atoms with E-state index in [1.807, 2.05) is 6.08 Å². The Bertz CT molecular complexity index is 2530. The number of anilines is 2. The van der Waals surface area contributed by atoms with Crippen LogP contribution < -0.4 is 10.3 Å². The lowest BCUT2D eigenvalue weighted by molar-refractivity contribution is -0.139. The first-order chi connectivity index (χ1) is 26.8. The predicted octanol–water partition coefficient (Wildman–Crippen LogP) is 8.46. The van der Waals surface area contributed by atoms with Gasteiger partial charge in [0.15, 0.2) is 5.82 Å². The first-order valence-electron chi connectivity index (χ1n) is 17.8. The van der Waals surface area contributed by atoms with Gasteiger partial charge in [-0.25, -0.2) is 4.98 Å². The lowest BCUT2D eigenvalue weighted by Crippen LogP contribution is -2.53. The Morgan fingerprint density at radius 3 is 2.21 bits per heavy atom. The van der Waals surface area contributed by atoms with Crippen molar-refractivity contribution in [1.29, 1.82) is 0 Å². The van der Waals surface area contributed by atoms with Crippen molar-refractivity contribution in [3.8, 4) is 5.75 Å². The zero-order valence-corrected chi connectivity index (χ0v) is 30.5. The Labute approximate surface area is 327 Å². The van der Waals surface area contributed by atoms with E-state index in [-0.39, 0.29) is 30.3 Å². The molecule has 0 unspecified atom stereocenters. The minimum Gasteiger partial charge on any atom is -0.507 e. The third kappa shape index (κ3) is 5.18. The number of hydrazine groups is 1. The number of phenols is 1. The first kappa shape index (κ1) is 35.9. The van der Waals surface area contributed by atoms with Crippen LogP contribution in [0.3, 0.4) is 0 Å². The SMILES string of the molecule is O=C1[C@@H]2C[C@@H]3C(=CC[C@@H]4C(=O)N(c5ccccc5)C(=O)[C@@H]43)[C@H](c3ccc(O)c4ccccc34)[C@]2(c2ccc(Cl)cc2)C(=O)N1Nc1ncc(C(F)(F)F)cc1Cl. The van der Waals surface area contributed by atoms with Crippen molar-refractivity contribution in [3.05, 3.63) is 142 Å². The summed E-state index contributed by atoms with van der Waals surface area (Å²) in [4.78, 5) is 64.1. The van der Waals surface area contributed by atoms with Crippen LogP contribution in [0, 0.1) is 23.7 Å². The molecule has 0 spiro atoms. The van der Waals surface area contributed by atoms with E-state index < -0.39 is 69.5 Å². The highest BCUT2D eigenvalue weighted by Crippen LogP contribution is 2.65. The molecular formula is C42H29Cl2F3N4O5. The topological polar surface area (TPSA) is 120 Å². The van der Waals surface area contributed by atoms with E-state index >= 15 is 4.79 Å². The monoisotopic (exact) mass is 796 g/mol. The number of benzene rings is 4. The highest BCUT2D eigenvalue weighted by molar-refractivity contribution is 6.33. The zero-order chi connectivity index (χ0) is 39.3. The van der Waals surface area contributed by atoms with Crippen LogP contribution in [0.25, 0.3) is 10.8 Å². The number of halogens is 5. The average Bonchev–Trinajstić information content (AvgIpc) is 3.57. The van der Waals surface area contributed by atoms with E-state index in [4.69, 9.17) is 23.2 Å². The van der Waals surface area contributed by atoms with Crippen molar-refractivity contribution >= 4 is 69.1 Å². The highest BCUT2D eigenvalue weighted by atomic mass is 35.5. The van der Waals surface area contributed by atoms with Crippen LogP contribution >= 0.6 is 23.2 Å². The van der Waals surface area contributed by atoms with Gasteiger partial charge in [-0.2, -0.15) is 18.2 Å². The third-order valence-corrected chi connectivity index (χ3v) is 12.4. The van der Waals surface area contributed by atoms with Gasteiger partial charge in [-0.1, -0.05) is 95.5 Å². The fraction of sp³-hybridized carbons (Fsp3) is 0.214. The van der Waals surface area contributed by atoms with Crippen molar-refractivity contribution < 1.29 is 37.5 Å². The average molecular weight is 798 g/mol. The van der Waals surface area contributed by atoms with Crippen molar-refractivity contribution in [1.82, 2.24) is 9.99 Å². The Kier molecular flexibility index (Phi) is 8.30. The molecule has 4 amide bonds. The van der Waals surface area contributed by atoms with Crippen LogP contribution in [0.15, 0.2) is 115 Å². The minimum absolute atomic E-state index is 0.0123. The summed E-state index contributed by atoms with van der Waals surface area (Å²) in [7, 11) is 0. The summed E-state index contributed by atoms with van der Waals surface area (Å²) < 4.78 is 40.6. The van der Waals surface area contributed by atoms with Gasteiger partial charge < -0.3 is 5.11 Å². The number of aromatic nitrogens is 1. The van der Waals surface area contributed by atoms with Crippen LogP contribution in [0.5, 0.6) is 5.75 Å². The molecule has 1 aromatic heterocycles. The van der Waals surface area contributed by atoms with Crippen molar-refractivity contribution in [3.63, 3.8) is 0 Å². The molecule has 56 heavy (non-hydrogen) atoms. The summed E-state index contributed by atoms with van der Waals surface area (Å²) in [6.07, 6.45) is -2.13. The van der Waals surface area contributed by atoms with E-state index in [1.165, 1.54) is 11.0 Å². The number of allylic oxidation sites excluding steroid dienone is 2. The molecule has 282 valence electrons. The smallest absolute Gasteiger partial charge is 0.417 e. The molecule has 1 saturated carbocycles. The maximum atomic E-state index is 15.5. The van der Waals surface area contributed by atoms with Gasteiger partial charge in [0.25, 0.3) is 11.8 Å². The molecule has 2 N–H and O–H groups in total. The van der Waals surface area contributed by atoms with Gasteiger partial charge in [0.05, 0.1) is 39.4 Å². The number of alkyl halides is 3. The molecule has 4 aromatic carbocycles. The second kappa shape index (κ2) is 12.9. The van der Waals surface area contributed by atoms with Gasteiger partial charge >= 0.3 is 6.18 Å². The van der Waals surface area contributed by atoms with Crippen molar-refractivity contribution in [2.45, 2.75) is 30.4 Å². The molecule has 0 bridgehead atoms. The Hall–Kier alpha value is -5.72. The van der Waals surface area contributed by atoms with Gasteiger partial charge in [0.2, 0.25) is 11.8 Å². The van der Waals surface area contributed by atoms with E-state index in [2.05, 4.69) is 10.4 Å². The fourth-order valence-electron chi connectivity index (χ4n) is 9.52. The summed E-state index contributed by atoms with van der Waals surface area (Å²) in [5.74, 6) is -7.02. The number of phenolic OH excluding ortho intramolecular Hbond substituents is 1. The number of amides is 4. The summed E-state index contributed by atoms with van der Waals surface area (Å²) in [6, 6.07) is 26.1. The highest BCUT2D eigenvalue weighted by Gasteiger charge is 2.70. The van der Waals surface area contributed by atoms with Crippen molar-refractivity contribution in [2.24, 2.45) is 23.7 Å². The molecule has 2 saturated heterocycles. The molecule has 3 heterocycles. The van der Waals surface area contributed by atoms with E-state index in [9.17, 15) is 32.7 Å². The molecule has 2 aliphatic heterocycles. The van der Waals surface area contributed by atoms with Crippen LogP contribution in [0.1, 0.15) is 35.4 Å². The van der Waals surface area contributed by atoms with E-state index in [0.717, 1.165) is 5.01 Å². The number of nitrogens with zero attached hydrogens (tertiary/aromatic N) is 3. The Balaban J connectivity index is 1.27. The summed E-state index contributed by atoms with van der Waals surface area (Å²) in [5, 5.41) is 12.7. The van der Waals surface area contributed by atoms with Crippen LogP contribution in [-0.4, -0.2) is 38.7 Å². The molecule has 6 atom stereocenters. The third-order valence-electron chi connectivity index (χ3n) is 11.8. The number of para-hydroxylation sites is 1. The van der Waals surface area contributed by atoms with Gasteiger partial charge in [-0.15, -0.1) is 0 Å². The normalized spacial score (nSPS) is 25.9. The van der Waals surface area contributed by atoms with Gasteiger partial charge in [-0.3, -0.25) is 29.5 Å². The molecule has 9 nitrogen and oxygen atoms in total. The lowest BCUT2D eigenvalue weighted by atomic mass is 9.49. The number of imide groups is 2. The molecule has 5 aromatic rings. The largest absolute Gasteiger partial charge is 0.507 e. The zero-order valence-electron chi connectivity index (χ0n) is 29.0. The molecule has 4 aliphatic rings. The second-order valence-electron chi connectivity index (χ2n) is 14.5. The molecule has 3 fully saturated rings. The standard InChI is InChI=1S/C42H29Cl2F3N4O5/c43-23-12-10-21(11-13-23)41-31(38(54)51(40(41)56)49-36-32(44)18-22(20-48-36)42(45,46)47)19-30-28(35(41)27-16-17-33(52)26-9-5-4-8-25(26)27)14-15-29-34(30)39(55)50(37(29)53)24-6-2-1-3-7-24/h1-14,16-18,20,29-31,34-35,52H,15,19H2,(H,48,49)/t29-,30+,31-,34-,35-,41+/m0/s1. The lowest BCUT2D eigenvalue weighted by Gasteiger charge is -2.51. The van der Waals surface area contributed by atoms with Crippen LogP contribution in [-0.2, 0) is 30.8 Å². The van der Waals surface area contributed by atoms with Crippen molar-refractivity contribution in [2.75, 3.05) is 10.3 Å². The van der Waals surface area contributed by atoms with Crippen LogP contribution in [0.4, 0.5) is 24.7 Å².